The number of nitrogens with zero attached hydrogens (tertiary/aromatic N) is 3. The Bertz CT molecular complexity index is 1130. The predicted octanol–water partition coefficient (Wildman–Crippen LogP) is 4.60. The second-order valence-corrected chi connectivity index (χ2v) is 9.24. The number of oxime groups is 1. The molecule has 3 aromatic rings. The number of rotatable bonds is 11. The van der Waals surface area contributed by atoms with Gasteiger partial charge < -0.3 is 28.9 Å². The average molecular weight is 507 g/mol. The first kappa shape index (κ1) is 27.0. The number of likely N-dealkylation sites (N-methyl/N-ethyl adjacent to an activating group) is 1. The van der Waals surface area contributed by atoms with Crippen molar-refractivity contribution in [2.45, 2.75) is 64.3 Å². The zero-order valence-corrected chi connectivity index (χ0v) is 22.3. The third kappa shape index (κ3) is 6.45. The van der Waals surface area contributed by atoms with Gasteiger partial charge in [0.05, 0.1) is 30.4 Å². The zero-order chi connectivity index (χ0) is 26.2. The van der Waals surface area contributed by atoms with Crippen molar-refractivity contribution >= 4 is 6.21 Å². The highest BCUT2D eigenvalue weighted by Crippen LogP contribution is 2.26. The maximum absolute atomic E-state index is 6.01. The lowest BCUT2D eigenvalue weighted by molar-refractivity contribution is -0.279. The topological polar surface area (TPSA) is 79.1 Å². The fraction of sp³-hybridized carbons (Fsp3) is 0.448. The Hall–Kier alpha value is -3.04. The van der Waals surface area contributed by atoms with Crippen molar-refractivity contribution in [2.24, 2.45) is 5.16 Å². The van der Waals surface area contributed by atoms with Crippen LogP contribution >= 0.6 is 0 Å². The van der Waals surface area contributed by atoms with Crippen LogP contribution in [0.3, 0.4) is 0 Å². The number of aromatic nitrogens is 2. The summed E-state index contributed by atoms with van der Waals surface area (Å²) in [6, 6.07) is 16.6. The molecular formula is C29H38N4O4. The van der Waals surface area contributed by atoms with Gasteiger partial charge in [-0.1, -0.05) is 61.8 Å². The minimum absolute atomic E-state index is 0.0719. The van der Waals surface area contributed by atoms with E-state index in [0.29, 0.717) is 0 Å². The number of aryl methyl sites for hydroxylation is 1. The monoisotopic (exact) mass is 506 g/mol. The average Bonchev–Trinajstić information content (AvgIpc) is 3.40. The summed E-state index contributed by atoms with van der Waals surface area (Å²) in [6.07, 6.45) is 6.48. The summed E-state index contributed by atoms with van der Waals surface area (Å²) in [7, 11) is 3.32. The molecule has 198 valence electrons. The van der Waals surface area contributed by atoms with Crippen LogP contribution in [0.4, 0.5) is 0 Å². The molecule has 2 heterocycles. The Morgan fingerprint density at radius 3 is 2.41 bits per heavy atom. The summed E-state index contributed by atoms with van der Waals surface area (Å²) in [4.78, 5) is 10.3. The summed E-state index contributed by atoms with van der Waals surface area (Å²) >= 11 is 0. The molecule has 0 spiro atoms. The number of hydrogen-bond acceptors (Lipinski definition) is 7. The number of hydrogen-bond donors (Lipinski definition) is 1. The molecular weight excluding hydrogens is 468 g/mol. The Morgan fingerprint density at radius 2 is 1.76 bits per heavy atom. The van der Waals surface area contributed by atoms with Crippen LogP contribution in [0.25, 0.3) is 16.9 Å². The highest BCUT2D eigenvalue weighted by molar-refractivity contribution is 5.80. The van der Waals surface area contributed by atoms with Gasteiger partial charge >= 0.3 is 0 Å². The van der Waals surface area contributed by atoms with Gasteiger partial charge in [0.2, 0.25) is 0 Å². The van der Waals surface area contributed by atoms with Crippen LogP contribution in [0.15, 0.2) is 66.2 Å². The lowest BCUT2D eigenvalue weighted by Gasteiger charge is -2.43. The largest absolute Gasteiger partial charge is 0.377 e. The second kappa shape index (κ2) is 13.0. The van der Waals surface area contributed by atoms with Crippen LogP contribution in [-0.2, 0) is 25.5 Å². The van der Waals surface area contributed by atoms with E-state index >= 15 is 0 Å². The molecule has 5 atom stereocenters. The van der Waals surface area contributed by atoms with Gasteiger partial charge in [0.25, 0.3) is 6.29 Å². The van der Waals surface area contributed by atoms with Crippen molar-refractivity contribution in [3.05, 3.63) is 72.2 Å². The standard InChI is InChI=1S/C29H38N4O4/c1-6-8-21-11-15-24(16-12-21)33-18-25(31-19-33)23-13-9-22(10-14-23)17-32-37-29-28(35-5)26(30-7-2)27(34-4)20(3)36-29/h9-20,26-30H,6-8H2,1-5H3/b32-17+/t20-,26+,27-,28+,29-/m0/s1. The molecule has 0 amide bonds. The van der Waals surface area contributed by atoms with Gasteiger partial charge in [0.15, 0.2) is 0 Å². The van der Waals surface area contributed by atoms with Crippen molar-refractivity contribution < 1.29 is 19.0 Å². The van der Waals surface area contributed by atoms with Gasteiger partial charge in [0.1, 0.15) is 12.2 Å². The molecule has 4 rings (SSSR count). The van der Waals surface area contributed by atoms with E-state index in [1.54, 1.807) is 20.4 Å². The van der Waals surface area contributed by atoms with Crippen molar-refractivity contribution in [1.29, 1.82) is 0 Å². The van der Waals surface area contributed by atoms with Crippen LogP contribution in [0, 0.1) is 0 Å². The molecule has 1 aromatic heterocycles. The zero-order valence-electron chi connectivity index (χ0n) is 22.3. The Morgan fingerprint density at radius 1 is 1.03 bits per heavy atom. The Labute approximate surface area is 219 Å². The van der Waals surface area contributed by atoms with E-state index in [-0.39, 0.29) is 24.4 Å². The van der Waals surface area contributed by atoms with Gasteiger partial charge in [-0.3, -0.25) is 0 Å². The van der Waals surface area contributed by atoms with Gasteiger partial charge in [-0.15, -0.1) is 0 Å². The quantitative estimate of drug-likeness (QED) is 0.303. The number of nitrogens with one attached hydrogen (secondary N) is 1. The van der Waals surface area contributed by atoms with E-state index in [1.807, 2.05) is 55.2 Å². The normalized spacial score (nSPS) is 24.0. The van der Waals surface area contributed by atoms with Crippen LogP contribution in [0.5, 0.6) is 0 Å². The third-order valence-corrected chi connectivity index (χ3v) is 6.70. The lowest BCUT2D eigenvalue weighted by atomic mass is 9.96. The molecule has 0 bridgehead atoms. The smallest absolute Gasteiger partial charge is 0.255 e. The molecule has 0 unspecified atom stereocenters. The Balaban J connectivity index is 1.39. The van der Waals surface area contributed by atoms with E-state index in [4.69, 9.17) is 19.0 Å². The summed E-state index contributed by atoms with van der Waals surface area (Å²) in [6.45, 7) is 6.99. The molecule has 8 nitrogen and oxygen atoms in total. The van der Waals surface area contributed by atoms with Crippen LogP contribution < -0.4 is 5.32 Å². The van der Waals surface area contributed by atoms with Crippen LogP contribution in [0.1, 0.15) is 38.3 Å². The molecule has 37 heavy (non-hydrogen) atoms. The van der Waals surface area contributed by atoms with Crippen molar-refractivity contribution in [3.63, 3.8) is 0 Å². The lowest BCUT2D eigenvalue weighted by Crippen LogP contribution is -2.63. The van der Waals surface area contributed by atoms with E-state index in [1.165, 1.54) is 5.56 Å². The fourth-order valence-electron chi connectivity index (χ4n) is 4.79. The first-order chi connectivity index (χ1) is 18.1. The summed E-state index contributed by atoms with van der Waals surface area (Å²) < 4.78 is 19.4. The van der Waals surface area contributed by atoms with E-state index in [9.17, 15) is 0 Å². The van der Waals surface area contributed by atoms with E-state index in [0.717, 1.165) is 41.9 Å². The third-order valence-electron chi connectivity index (χ3n) is 6.70. The maximum Gasteiger partial charge on any atom is 0.255 e. The molecule has 1 saturated heterocycles. The predicted molar refractivity (Wildman–Crippen MR) is 145 cm³/mol. The van der Waals surface area contributed by atoms with Gasteiger partial charge in [-0.25, -0.2) is 4.98 Å². The summed E-state index contributed by atoms with van der Waals surface area (Å²) in [5, 5.41) is 7.62. The van der Waals surface area contributed by atoms with Crippen LogP contribution in [0.2, 0.25) is 0 Å². The molecule has 1 aliphatic heterocycles. The van der Waals surface area contributed by atoms with Crippen molar-refractivity contribution in [3.8, 4) is 16.9 Å². The first-order valence-corrected chi connectivity index (χ1v) is 12.9. The Kier molecular flexibility index (Phi) is 9.46. The minimum atomic E-state index is -0.647. The SMILES string of the molecule is CCCc1ccc(-n2cnc(-c3ccc(/C=N/O[C@@H]4O[C@@H](C)[C@H](OC)[C@@H](NCC)[C@H]4OC)cc3)c2)cc1. The molecule has 0 radical (unpaired) electrons. The van der Waals surface area contributed by atoms with Crippen LogP contribution in [-0.4, -0.2) is 67.2 Å². The van der Waals surface area contributed by atoms with E-state index < -0.39 is 6.29 Å². The molecule has 0 saturated carbocycles. The highest BCUT2D eigenvalue weighted by Gasteiger charge is 2.46. The van der Waals surface area contributed by atoms with Gasteiger partial charge in [0, 0.05) is 31.7 Å². The maximum atomic E-state index is 6.01. The van der Waals surface area contributed by atoms with Crippen molar-refractivity contribution in [2.75, 3.05) is 20.8 Å². The molecule has 1 aliphatic rings. The highest BCUT2D eigenvalue weighted by atomic mass is 16.8. The summed E-state index contributed by atoms with van der Waals surface area (Å²) in [5.41, 5.74) is 5.30. The van der Waals surface area contributed by atoms with Crippen molar-refractivity contribution in [1.82, 2.24) is 14.9 Å². The fourth-order valence-corrected chi connectivity index (χ4v) is 4.79. The van der Waals surface area contributed by atoms with Gasteiger partial charge in [-0.05, 0) is 43.1 Å². The molecule has 2 aromatic carbocycles. The molecule has 8 heteroatoms. The molecule has 1 N–H and O–H groups in total. The second-order valence-electron chi connectivity index (χ2n) is 9.24. The minimum Gasteiger partial charge on any atom is -0.377 e. The molecule has 0 aliphatic carbocycles. The van der Waals surface area contributed by atoms with Gasteiger partial charge in [-0.2, -0.15) is 0 Å². The number of imidazole rings is 1. The number of methoxy groups -OCH3 is 2. The summed E-state index contributed by atoms with van der Waals surface area (Å²) in [5.74, 6) is 0. The molecule has 1 fully saturated rings. The first-order valence-electron chi connectivity index (χ1n) is 12.9. The number of benzene rings is 2. The number of ether oxygens (including phenoxy) is 3. The van der Waals surface area contributed by atoms with E-state index in [2.05, 4.69) is 46.6 Å².